The molecule has 2 atom stereocenters. The van der Waals surface area contributed by atoms with Crippen LogP contribution in [0.1, 0.15) is 25.0 Å². The normalized spacial score (nSPS) is 25.6. The standard InChI is InChI=1S/C10H17N3O3S/c1-13-7-8(11-12-13)6-9(14)10-4-2-3-5-17(10,15)16/h7,9-10,14H,2-6H2,1H3. The highest BCUT2D eigenvalue weighted by Gasteiger charge is 2.34. The first-order valence-corrected chi connectivity index (χ1v) is 7.45. The largest absolute Gasteiger partial charge is 0.391 e. The summed E-state index contributed by atoms with van der Waals surface area (Å²) >= 11 is 0. The fourth-order valence-corrected chi connectivity index (χ4v) is 4.26. The summed E-state index contributed by atoms with van der Waals surface area (Å²) in [5.74, 6) is 0.190. The molecule has 1 saturated heterocycles. The zero-order valence-corrected chi connectivity index (χ0v) is 10.6. The van der Waals surface area contributed by atoms with Gasteiger partial charge in [-0.3, -0.25) is 4.68 Å². The third-order valence-electron chi connectivity index (χ3n) is 3.13. The summed E-state index contributed by atoms with van der Waals surface area (Å²) in [6, 6.07) is 0. The van der Waals surface area contributed by atoms with Gasteiger partial charge < -0.3 is 5.11 Å². The van der Waals surface area contributed by atoms with Crippen LogP contribution in [0, 0.1) is 0 Å². The molecule has 0 saturated carbocycles. The molecule has 0 radical (unpaired) electrons. The van der Waals surface area contributed by atoms with Gasteiger partial charge in [0.05, 0.1) is 22.8 Å². The summed E-state index contributed by atoms with van der Waals surface area (Å²) in [4.78, 5) is 0. The molecule has 0 spiro atoms. The minimum atomic E-state index is -3.14. The summed E-state index contributed by atoms with van der Waals surface area (Å²) < 4.78 is 25.2. The van der Waals surface area contributed by atoms with E-state index in [0.717, 1.165) is 6.42 Å². The number of nitrogens with zero attached hydrogens (tertiary/aromatic N) is 3. The van der Waals surface area contributed by atoms with Gasteiger partial charge in [0.25, 0.3) is 0 Å². The first-order valence-electron chi connectivity index (χ1n) is 5.74. The van der Waals surface area contributed by atoms with Gasteiger partial charge >= 0.3 is 0 Å². The van der Waals surface area contributed by atoms with Crippen LogP contribution < -0.4 is 0 Å². The smallest absolute Gasteiger partial charge is 0.155 e. The molecule has 1 aromatic rings. The minimum Gasteiger partial charge on any atom is -0.391 e. The first-order chi connectivity index (χ1) is 7.99. The third kappa shape index (κ3) is 2.84. The fourth-order valence-electron chi connectivity index (χ4n) is 2.25. The maximum atomic E-state index is 11.8. The van der Waals surface area contributed by atoms with Crippen LogP contribution in [0.15, 0.2) is 6.20 Å². The van der Waals surface area contributed by atoms with Crippen molar-refractivity contribution in [2.45, 2.75) is 37.0 Å². The van der Waals surface area contributed by atoms with Gasteiger partial charge in [0, 0.05) is 19.7 Å². The van der Waals surface area contributed by atoms with E-state index in [2.05, 4.69) is 10.3 Å². The number of sulfone groups is 1. The highest BCUT2D eigenvalue weighted by molar-refractivity contribution is 7.92. The van der Waals surface area contributed by atoms with Crippen LogP contribution >= 0.6 is 0 Å². The molecule has 0 amide bonds. The predicted octanol–water partition coefficient (Wildman–Crippen LogP) is -0.314. The first kappa shape index (κ1) is 12.5. The summed E-state index contributed by atoms with van der Waals surface area (Å²) in [5.41, 5.74) is 0.626. The highest BCUT2D eigenvalue weighted by Crippen LogP contribution is 2.23. The van der Waals surface area contributed by atoms with Crippen molar-refractivity contribution in [3.8, 4) is 0 Å². The Bertz CT molecular complexity index is 483. The number of rotatable bonds is 3. The Morgan fingerprint density at radius 1 is 1.59 bits per heavy atom. The van der Waals surface area contributed by atoms with E-state index in [0.29, 0.717) is 18.5 Å². The summed E-state index contributed by atoms with van der Waals surface area (Å²) in [6.45, 7) is 0. The lowest BCUT2D eigenvalue weighted by Gasteiger charge is -2.26. The van der Waals surface area contributed by atoms with Crippen molar-refractivity contribution in [1.82, 2.24) is 15.0 Å². The molecule has 2 heterocycles. The monoisotopic (exact) mass is 259 g/mol. The number of aliphatic hydroxyl groups excluding tert-OH is 1. The maximum absolute atomic E-state index is 11.8. The Balaban J connectivity index is 2.06. The second-order valence-electron chi connectivity index (χ2n) is 4.56. The van der Waals surface area contributed by atoms with Crippen LogP contribution in [0.5, 0.6) is 0 Å². The molecule has 2 rings (SSSR count). The SMILES string of the molecule is Cn1cc(CC(O)C2CCCCS2(=O)=O)nn1. The molecule has 17 heavy (non-hydrogen) atoms. The molecule has 7 heteroatoms. The Morgan fingerprint density at radius 3 is 2.94 bits per heavy atom. The number of hydrogen-bond acceptors (Lipinski definition) is 5. The molecule has 1 aliphatic heterocycles. The summed E-state index contributed by atoms with van der Waals surface area (Å²) in [5, 5.41) is 17.0. The molecule has 0 aromatic carbocycles. The molecule has 0 bridgehead atoms. The van der Waals surface area contributed by atoms with Crippen molar-refractivity contribution < 1.29 is 13.5 Å². The van der Waals surface area contributed by atoms with Crippen LogP contribution in [0.3, 0.4) is 0 Å². The van der Waals surface area contributed by atoms with Crippen molar-refractivity contribution in [2.24, 2.45) is 7.05 Å². The zero-order valence-electron chi connectivity index (χ0n) is 9.78. The lowest BCUT2D eigenvalue weighted by Crippen LogP contribution is -2.39. The van der Waals surface area contributed by atoms with Crippen molar-refractivity contribution in [3.05, 3.63) is 11.9 Å². The Kier molecular flexibility index (Phi) is 3.48. The number of hydrogen-bond donors (Lipinski definition) is 1. The Hall–Kier alpha value is -0.950. The molecule has 0 aliphatic carbocycles. The minimum absolute atomic E-state index is 0.190. The van der Waals surface area contributed by atoms with Crippen molar-refractivity contribution in [2.75, 3.05) is 5.75 Å². The number of aliphatic hydroxyl groups is 1. The topological polar surface area (TPSA) is 85.1 Å². The number of aromatic nitrogens is 3. The highest BCUT2D eigenvalue weighted by atomic mass is 32.2. The van der Waals surface area contributed by atoms with E-state index in [9.17, 15) is 13.5 Å². The van der Waals surface area contributed by atoms with Gasteiger partial charge in [-0.25, -0.2) is 8.42 Å². The molecule has 1 aliphatic rings. The van der Waals surface area contributed by atoms with E-state index in [4.69, 9.17) is 0 Å². The van der Waals surface area contributed by atoms with Crippen LogP contribution in [-0.2, 0) is 23.3 Å². The van der Waals surface area contributed by atoms with E-state index in [1.807, 2.05) is 0 Å². The van der Waals surface area contributed by atoms with E-state index >= 15 is 0 Å². The predicted molar refractivity (Wildman–Crippen MR) is 62.1 cm³/mol. The van der Waals surface area contributed by atoms with Crippen LogP contribution in [0.4, 0.5) is 0 Å². The second kappa shape index (κ2) is 4.73. The van der Waals surface area contributed by atoms with Gasteiger partial charge in [-0.2, -0.15) is 0 Å². The van der Waals surface area contributed by atoms with Crippen molar-refractivity contribution in [3.63, 3.8) is 0 Å². The molecular formula is C10H17N3O3S. The molecule has 96 valence electrons. The lowest BCUT2D eigenvalue weighted by atomic mass is 10.1. The van der Waals surface area contributed by atoms with Gasteiger partial charge in [0.15, 0.2) is 9.84 Å². The van der Waals surface area contributed by atoms with Crippen LogP contribution in [-0.4, -0.2) is 45.6 Å². The van der Waals surface area contributed by atoms with Crippen molar-refractivity contribution >= 4 is 9.84 Å². The maximum Gasteiger partial charge on any atom is 0.155 e. The van der Waals surface area contributed by atoms with Gasteiger partial charge in [-0.05, 0) is 12.8 Å². The summed E-state index contributed by atoms with van der Waals surface area (Å²) in [7, 11) is -1.40. The third-order valence-corrected chi connectivity index (χ3v) is 5.46. The molecule has 2 unspecified atom stereocenters. The molecular weight excluding hydrogens is 242 g/mol. The van der Waals surface area contributed by atoms with Crippen molar-refractivity contribution in [1.29, 1.82) is 0 Å². The van der Waals surface area contributed by atoms with Gasteiger partial charge in [-0.1, -0.05) is 11.6 Å². The molecule has 6 nitrogen and oxygen atoms in total. The zero-order chi connectivity index (χ0) is 12.5. The second-order valence-corrected chi connectivity index (χ2v) is 6.90. The molecule has 1 N–H and O–H groups in total. The molecule has 1 aromatic heterocycles. The quantitative estimate of drug-likeness (QED) is 0.804. The van der Waals surface area contributed by atoms with Gasteiger partial charge in [0.2, 0.25) is 0 Å². The van der Waals surface area contributed by atoms with E-state index in [1.54, 1.807) is 13.2 Å². The van der Waals surface area contributed by atoms with Crippen LogP contribution in [0.2, 0.25) is 0 Å². The van der Waals surface area contributed by atoms with E-state index < -0.39 is 21.2 Å². The average molecular weight is 259 g/mol. The summed E-state index contributed by atoms with van der Waals surface area (Å²) in [6.07, 6.45) is 3.18. The van der Waals surface area contributed by atoms with Gasteiger partial charge in [-0.15, -0.1) is 5.10 Å². The average Bonchev–Trinajstić information content (AvgIpc) is 2.63. The van der Waals surface area contributed by atoms with Gasteiger partial charge in [0.1, 0.15) is 0 Å². The molecule has 1 fully saturated rings. The Labute approximate surface area is 101 Å². The van der Waals surface area contributed by atoms with Crippen LogP contribution in [0.25, 0.3) is 0 Å². The Morgan fingerprint density at radius 2 is 2.35 bits per heavy atom. The lowest BCUT2D eigenvalue weighted by molar-refractivity contribution is 0.161. The van der Waals surface area contributed by atoms with E-state index in [1.165, 1.54) is 4.68 Å². The number of aryl methyl sites for hydroxylation is 1. The fraction of sp³-hybridized carbons (Fsp3) is 0.800. The van der Waals surface area contributed by atoms with E-state index in [-0.39, 0.29) is 12.2 Å².